The van der Waals surface area contributed by atoms with E-state index in [2.05, 4.69) is 0 Å². The van der Waals surface area contributed by atoms with Crippen molar-refractivity contribution in [2.24, 2.45) is 5.73 Å². The molecule has 0 aliphatic carbocycles. The number of primary amides is 1. The number of carbonyl (C=O) groups excluding carboxylic acids is 1. The molecule has 0 spiro atoms. The third-order valence-electron chi connectivity index (χ3n) is 4.07. The molecular weight excluding hydrogens is 362 g/mol. The van der Waals surface area contributed by atoms with Crippen molar-refractivity contribution >= 4 is 27.2 Å². The maximum atomic E-state index is 12.7. The van der Waals surface area contributed by atoms with Crippen molar-refractivity contribution in [3.05, 3.63) is 84.4 Å². The predicted octanol–water partition coefficient (Wildman–Crippen LogP) is 3.19. The van der Waals surface area contributed by atoms with Crippen molar-refractivity contribution in [3.63, 3.8) is 0 Å². The van der Waals surface area contributed by atoms with Gasteiger partial charge in [0.1, 0.15) is 0 Å². The minimum Gasteiger partial charge on any atom is -0.399 e. The van der Waals surface area contributed by atoms with E-state index in [1.807, 2.05) is 6.07 Å². The van der Waals surface area contributed by atoms with E-state index in [1.54, 1.807) is 60.7 Å². The van der Waals surface area contributed by atoms with Crippen molar-refractivity contribution in [1.82, 2.24) is 0 Å². The predicted molar refractivity (Wildman–Crippen MR) is 105 cm³/mol. The Labute approximate surface area is 158 Å². The number of nitrogen functional groups attached to an aromatic ring is 1. The summed E-state index contributed by atoms with van der Waals surface area (Å²) in [7, 11) is -3.62. The molecule has 0 atom stereocenters. The van der Waals surface area contributed by atoms with Gasteiger partial charge in [0.2, 0.25) is 9.84 Å². The van der Waals surface area contributed by atoms with Gasteiger partial charge in [0.15, 0.2) is 0 Å². The number of amides is 2. The second-order valence-electron chi connectivity index (χ2n) is 5.98. The van der Waals surface area contributed by atoms with Gasteiger partial charge < -0.3 is 11.5 Å². The summed E-state index contributed by atoms with van der Waals surface area (Å²) in [5, 5.41) is 0. The Balaban J connectivity index is 1.89. The average molecular weight is 381 g/mol. The first-order valence-corrected chi connectivity index (χ1v) is 9.68. The third kappa shape index (κ3) is 4.09. The molecule has 0 aliphatic rings. The number of hydrogen-bond acceptors (Lipinski definition) is 4. The number of carbonyl (C=O) groups is 1. The van der Waals surface area contributed by atoms with E-state index in [-0.39, 0.29) is 16.3 Å². The van der Waals surface area contributed by atoms with Crippen LogP contribution < -0.4 is 16.4 Å². The van der Waals surface area contributed by atoms with E-state index < -0.39 is 15.9 Å². The van der Waals surface area contributed by atoms with Crippen LogP contribution in [0.2, 0.25) is 0 Å². The highest BCUT2D eigenvalue weighted by molar-refractivity contribution is 7.91. The average Bonchev–Trinajstić information content (AvgIpc) is 2.67. The summed E-state index contributed by atoms with van der Waals surface area (Å²) in [6.07, 6.45) is 0. The van der Waals surface area contributed by atoms with Gasteiger partial charge in [-0.3, -0.25) is 4.90 Å². The van der Waals surface area contributed by atoms with Crippen molar-refractivity contribution in [2.45, 2.75) is 16.3 Å². The van der Waals surface area contributed by atoms with Gasteiger partial charge in [-0.25, -0.2) is 13.2 Å². The molecule has 0 saturated carbocycles. The Hall–Kier alpha value is -3.32. The van der Waals surface area contributed by atoms with E-state index in [0.717, 1.165) is 5.56 Å². The topological polar surface area (TPSA) is 106 Å². The zero-order chi connectivity index (χ0) is 19.4. The molecule has 0 saturated heterocycles. The van der Waals surface area contributed by atoms with Gasteiger partial charge >= 0.3 is 6.03 Å². The van der Waals surface area contributed by atoms with Gasteiger partial charge in [-0.15, -0.1) is 0 Å². The van der Waals surface area contributed by atoms with Crippen LogP contribution in [-0.2, 0) is 16.4 Å². The summed E-state index contributed by atoms with van der Waals surface area (Å²) in [6, 6.07) is 20.7. The Morgan fingerprint density at radius 3 is 2.07 bits per heavy atom. The minimum atomic E-state index is -3.62. The van der Waals surface area contributed by atoms with Crippen LogP contribution in [-0.4, -0.2) is 14.4 Å². The SMILES string of the molecule is NC(=O)N(Cc1cccc(N)c1)c1ccc(S(=O)(=O)c2ccccc2)cc1. The van der Waals surface area contributed by atoms with Gasteiger partial charge in [-0.2, -0.15) is 0 Å². The normalized spacial score (nSPS) is 11.1. The highest BCUT2D eigenvalue weighted by Gasteiger charge is 2.19. The van der Waals surface area contributed by atoms with Gasteiger partial charge in [-0.05, 0) is 54.1 Å². The largest absolute Gasteiger partial charge is 0.399 e. The summed E-state index contributed by atoms with van der Waals surface area (Å²) in [4.78, 5) is 13.6. The van der Waals surface area contributed by atoms with Crippen LogP contribution in [0.5, 0.6) is 0 Å². The number of urea groups is 1. The number of hydrogen-bond donors (Lipinski definition) is 2. The first-order valence-electron chi connectivity index (χ1n) is 8.19. The maximum Gasteiger partial charge on any atom is 0.319 e. The fraction of sp³-hybridized carbons (Fsp3) is 0.0500. The minimum absolute atomic E-state index is 0.144. The second-order valence-corrected chi connectivity index (χ2v) is 7.93. The van der Waals surface area contributed by atoms with Gasteiger partial charge in [-0.1, -0.05) is 30.3 Å². The maximum absolute atomic E-state index is 12.7. The van der Waals surface area contributed by atoms with E-state index in [4.69, 9.17) is 11.5 Å². The van der Waals surface area contributed by atoms with Crippen molar-refractivity contribution < 1.29 is 13.2 Å². The first-order chi connectivity index (χ1) is 12.9. The Bertz CT molecular complexity index is 1050. The van der Waals surface area contributed by atoms with Crippen molar-refractivity contribution in [1.29, 1.82) is 0 Å². The second kappa shape index (κ2) is 7.51. The first kappa shape index (κ1) is 18.5. The summed E-state index contributed by atoms with van der Waals surface area (Å²) >= 11 is 0. The van der Waals surface area contributed by atoms with Gasteiger partial charge in [0.05, 0.1) is 16.3 Å². The highest BCUT2D eigenvalue weighted by Crippen LogP contribution is 2.24. The molecule has 138 valence electrons. The van der Waals surface area contributed by atoms with Crippen LogP contribution in [0.15, 0.2) is 88.7 Å². The summed E-state index contributed by atoms with van der Waals surface area (Å²) in [5.41, 5.74) is 13.2. The molecule has 6 nitrogen and oxygen atoms in total. The van der Waals surface area contributed by atoms with Crippen LogP contribution in [0.25, 0.3) is 0 Å². The number of nitrogens with two attached hydrogens (primary N) is 2. The standard InChI is InChI=1S/C20H19N3O3S/c21-16-6-4-5-15(13-16)14-23(20(22)24)17-9-11-19(12-10-17)27(25,26)18-7-2-1-3-8-18/h1-13H,14,21H2,(H2,22,24). The molecule has 2 amide bonds. The van der Waals surface area contributed by atoms with Crippen LogP contribution >= 0.6 is 0 Å². The molecule has 3 aromatic carbocycles. The van der Waals surface area contributed by atoms with E-state index in [0.29, 0.717) is 11.4 Å². The van der Waals surface area contributed by atoms with E-state index in [9.17, 15) is 13.2 Å². The summed E-state index contributed by atoms with van der Waals surface area (Å²) in [6.45, 7) is 0.227. The van der Waals surface area contributed by atoms with Crippen LogP contribution in [0.1, 0.15) is 5.56 Å². The fourth-order valence-corrected chi connectivity index (χ4v) is 3.99. The van der Waals surface area contributed by atoms with E-state index >= 15 is 0 Å². The van der Waals surface area contributed by atoms with Gasteiger partial charge in [0, 0.05) is 11.4 Å². The molecule has 0 radical (unpaired) electrons. The number of benzene rings is 3. The van der Waals surface area contributed by atoms with Crippen LogP contribution in [0.3, 0.4) is 0 Å². The molecule has 4 N–H and O–H groups in total. The van der Waals surface area contributed by atoms with Crippen LogP contribution in [0, 0.1) is 0 Å². The number of nitrogens with zero attached hydrogens (tertiary/aromatic N) is 1. The molecule has 0 unspecified atom stereocenters. The van der Waals surface area contributed by atoms with Crippen molar-refractivity contribution in [2.75, 3.05) is 10.6 Å². The number of rotatable bonds is 5. The molecular formula is C20H19N3O3S. The summed E-state index contributed by atoms with van der Waals surface area (Å²) < 4.78 is 25.3. The van der Waals surface area contributed by atoms with Crippen LogP contribution in [0.4, 0.5) is 16.2 Å². The highest BCUT2D eigenvalue weighted by atomic mass is 32.2. The van der Waals surface area contributed by atoms with Gasteiger partial charge in [0.25, 0.3) is 0 Å². The lowest BCUT2D eigenvalue weighted by molar-refractivity contribution is 0.253. The molecule has 0 aliphatic heterocycles. The lowest BCUT2D eigenvalue weighted by Gasteiger charge is -2.21. The molecule has 0 heterocycles. The number of sulfone groups is 1. The fourth-order valence-electron chi connectivity index (χ4n) is 2.71. The van der Waals surface area contributed by atoms with Crippen molar-refractivity contribution in [3.8, 4) is 0 Å². The Kier molecular flexibility index (Phi) is 5.14. The number of anilines is 2. The molecule has 27 heavy (non-hydrogen) atoms. The Morgan fingerprint density at radius 1 is 0.852 bits per heavy atom. The molecule has 0 bridgehead atoms. The quantitative estimate of drug-likeness (QED) is 0.662. The molecule has 0 fully saturated rings. The Morgan fingerprint density at radius 2 is 1.48 bits per heavy atom. The molecule has 7 heteroatoms. The lowest BCUT2D eigenvalue weighted by Crippen LogP contribution is -2.35. The molecule has 0 aromatic heterocycles. The molecule has 3 aromatic rings. The lowest BCUT2D eigenvalue weighted by atomic mass is 10.2. The smallest absolute Gasteiger partial charge is 0.319 e. The summed E-state index contributed by atoms with van der Waals surface area (Å²) in [5.74, 6) is 0. The van der Waals surface area contributed by atoms with E-state index in [1.165, 1.54) is 17.0 Å². The zero-order valence-corrected chi connectivity index (χ0v) is 15.3. The third-order valence-corrected chi connectivity index (χ3v) is 5.86. The zero-order valence-electron chi connectivity index (χ0n) is 14.4. The molecule has 3 rings (SSSR count). The monoisotopic (exact) mass is 381 g/mol.